The molecule has 0 radical (unpaired) electrons. The summed E-state index contributed by atoms with van der Waals surface area (Å²) in [6, 6.07) is 1.17. The molecule has 1 fully saturated rings. The van der Waals surface area contributed by atoms with E-state index in [-0.39, 0.29) is 29.6 Å². The topological polar surface area (TPSA) is 133 Å². The summed E-state index contributed by atoms with van der Waals surface area (Å²) in [5.74, 6) is -0.963. The Bertz CT molecular complexity index is 918. The number of methoxy groups -OCH3 is 1. The van der Waals surface area contributed by atoms with Gasteiger partial charge >= 0.3 is 5.97 Å². The summed E-state index contributed by atoms with van der Waals surface area (Å²) in [6.07, 6.45) is 0.882. The van der Waals surface area contributed by atoms with Gasteiger partial charge in [-0.25, -0.2) is 19.7 Å². The SMILES string of the molecule is CCc1[nH]c(C(=O)N[C@@H]2CCN(c3nc(C)cc(C(=O)O)n3)C[C@@H]2OC)nc1Cl. The number of carbonyl (C=O) groups excluding carboxylic acids is 1. The standard InChI is InChI=1S/C18H23ClN6O4/c1-4-10-14(19)24-15(21-10)16(26)22-11-5-6-25(8-13(11)29-3)18-20-9(2)7-12(23-18)17(27)28/h7,11,13H,4-6,8H2,1-3H3,(H,21,24)(H,22,26)(H,27,28)/t11-,13+/m1/s1. The number of hydrogen-bond acceptors (Lipinski definition) is 7. The minimum Gasteiger partial charge on any atom is -0.477 e. The lowest BCUT2D eigenvalue weighted by atomic mass is 10.0. The molecular formula is C18H23ClN6O4. The van der Waals surface area contributed by atoms with E-state index in [4.69, 9.17) is 16.3 Å². The summed E-state index contributed by atoms with van der Waals surface area (Å²) in [5.41, 5.74) is 1.22. The first-order chi connectivity index (χ1) is 13.8. The van der Waals surface area contributed by atoms with Crippen molar-refractivity contribution >= 4 is 29.4 Å². The van der Waals surface area contributed by atoms with Gasteiger partial charge in [0, 0.05) is 25.9 Å². The number of carboxylic acids is 1. The molecule has 3 rings (SSSR count). The zero-order valence-electron chi connectivity index (χ0n) is 16.4. The number of carboxylic acid groups (broad SMARTS) is 1. The number of aromatic carboxylic acids is 1. The number of piperidine rings is 1. The molecule has 1 aliphatic heterocycles. The number of rotatable bonds is 6. The van der Waals surface area contributed by atoms with E-state index in [0.717, 1.165) is 0 Å². The fraction of sp³-hybridized carbons (Fsp3) is 0.500. The Morgan fingerprint density at radius 3 is 2.79 bits per heavy atom. The van der Waals surface area contributed by atoms with Crippen LogP contribution < -0.4 is 10.2 Å². The van der Waals surface area contributed by atoms with Crippen molar-refractivity contribution in [3.05, 3.63) is 34.1 Å². The summed E-state index contributed by atoms with van der Waals surface area (Å²) in [4.78, 5) is 41.1. The Balaban J connectivity index is 1.71. The van der Waals surface area contributed by atoms with E-state index in [1.165, 1.54) is 6.07 Å². The number of aromatic nitrogens is 4. The summed E-state index contributed by atoms with van der Waals surface area (Å²) < 4.78 is 5.57. The molecule has 1 saturated heterocycles. The molecule has 3 N–H and O–H groups in total. The van der Waals surface area contributed by atoms with Crippen molar-refractivity contribution < 1.29 is 19.4 Å². The lowest BCUT2D eigenvalue weighted by Gasteiger charge is -2.38. The largest absolute Gasteiger partial charge is 0.477 e. The van der Waals surface area contributed by atoms with E-state index >= 15 is 0 Å². The normalized spacial score (nSPS) is 19.2. The molecular weight excluding hydrogens is 400 g/mol. The fourth-order valence-corrected chi connectivity index (χ4v) is 3.54. The highest BCUT2D eigenvalue weighted by molar-refractivity contribution is 6.30. The molecule has 0 aromatic carbocycles. The Morgan fingerprint density at radius 2 is 2.17 bits per heavy atom. The van der Waals surface area contributed by atoms with Crippen LogP contribution in [0.5, 0.6) is 0 Å². The average molecular weight is 423 g/mol. The minimum absolute atomic E-state index is 0.0571. The van der Waals surface area contributed by atoms with Gasteiger partial charge in [0.25, 0.3) is 5.91 Å². The molecule has 10 nitrogen and oxygen atoms in total. The molecule has 0 unspecified atom stereocenters. The van der Waals surface area contributed by atoms with Gasteiger partial charge in [0.2, 0.25) is 5.95 Å². The van der Waals surface area contributed by atoms with Crippen LogP contribution in [0, 0.1) is 6.92 Å². The Morgan fingerprint density at radius 1 is 1.41 bits per heavy atom. The first-order valence-electron chi connectivity index (χ1n) is 9.24. The van der Waals surface area contributed by atoms with Gasteiger partial charge in [0.05, 0.1) is 17.8 Å². The van der Waals surface area contributed by atoms with E-state index in [9.17, 15) is 14.7 Å². The van der Waals surface area contributed by atoms with Gasteiger partial charge in [-0.05, 0) is 25.8 Å². The van der Waals surface area contributed by atoms with Crippen LogP contribution in [-0.2, 0) is 11.2 Å². The van der Waals surface area contributed by atoms with Gasteiger partial charge in [-0.1, -0.05) is 18.5 Å². The maximum atomic E-state index is 12.5. The number of carbonyl (C=O) groups is 2. The van der Waals surface area contributed by atoms with E-state index in [1.807, 2.05) is 11.8 Å². The molecule has 0 bridgehead atoms. The second-order valence-electron chi connectivity index (χ2n) is 6.80. The van der Waals surface area contributed by atoms with Crippen molar-refractivity contribution in [1.29, 1.82) is 0 Å². The van der Waals surface area contributed by atoms with E-state index < -0.39 is 5.97 Å². The first kappa shape index (κ1) is 21.0. The maximum absolute atomic E-state index is 12.5. The Kier molecular flexibility index (Phi) is 6.33. The zero-order chi connectivity index (χ0) is 21.1. The number of nitrogens with one attached hydrogen (secondary N) is 2. The van der Waals surface area contributed by atoms with Gasteiger partial charge in [0.1, 0.15) is 0 Å². The third-order valence-corrected chi connectivity index (χ3v) is 5.13. The number of H-pyrrole nitrogens is 1. The number of anilines is 1. The van der Waals surface area contributed by atoms with Crippen LogP contribution >= 0.6 is 11.6 Å². The smallest absolute Gasteiger partial charge is 0.354 e. The lowest BCUT2D eigenvalue weighted by molar-refractivity contribution is 0.0534. The van der Waals surface area contributed by atoms with Crippen LogP contribution in [0.15, 0.2) is 6.07 Å². The second kappa shape index (κ2) is 8.75. The minimum atomic E-state index is -1.11. The van der Waals surface area contributed by atoms with Crippen molar-refractivity contribution in [2.45, 2.75) is 38.8 Å². The van der Waals surface area contributed by atoms with Gasteiger partial charge in [0.15, 0.2) is 16.7 Å². The van der Waals surface area contributed by atoms with Gasteiger partial charge in [-0.2, -0.15) is 0 Å². The maximum Gasteiger partial charge on any atom is 0.354 e. The summed E-state index contributed by atoms with van der Waals surface area (Å²) >= 11 is 6.01. The van der Waals surface area contributed by atoms with Crippen molar-refractivity contribution in [3.63, 3.8) is 0 Å². The van der Waals surface area contributed by atoms with Crippen LogP contribution in [0.25, 0.3) is 0 Å². The molecule has 29 heavy (non-hydrogen) atoms. The number of aryl methyl sites for hydroxylation is 2. The first-order valence-corrected chi connectivity index (χ1v) is 9.62. The lowest BCUT2D eigenvalue weighted by Crippen LogP contribution is -2.55. The van der Waals surface area contributed by atoms with Crippen molar-refractivity contribution in [2.24, 2.45) is 0 Å². The quantitative estimate of drug-likeness (QED) is 0.636. The van der Waals surface area contributed by atoms with Crippen molar-refractivity contribution in [2.75, 3.05) is 25.1 Å². The molecule has 0 spiro atoms. The number of nitrogens with zero attached hydrogens (tertiary/aromatic N) is 4. The molecule has 0 aliphatic carbocycles. The summed E-state index contributed by atoms with van der Waals surface area (Å²) in [6.45, 7) is 4.58. The third kappa shape index (κ3) is 4.65. The molecule has 1 amide bonds. The molecule has 11 heteroatoms. The predicted octanol–water partition coefficient (Wildman–Crippen LogP) is 1.45. The van der Waals surface area contributed by atoms with Crippen molar-refractivity contribution in [1.82, 2.24) is 25.3 Å². The molecule has 3 heterocycles. The van der Waals surface area contributed by atoms with Gasteiger partial charge in [-0.15, -0.1) is 0 Å². The van der Waals surface area contributed by atoms with Crippen molar-refractivity contribution in [3.8, 4) is 0 Å². The Hall–Kier alpha value is -2.72. The predicted molar refractivity (Wildman–Crippen MR) is 106 cm³/mol. The van der Waals surface area contributed by atoms with Gasteiger partial charge in [-0.3, -0.25) is 4.79 Å². The number of amides is 1. The van der Waals surface area contributed by atoms with Crippen LogP contribution in [0.2, 0.25) is 5.15 Å². The number of hydrogen-bond donors (Lipinski definition) is 3. The number of imidazole rings is 1. The third-order valence-electron chi connectivity index (χ3n) is 4.82. The van der Waals surface area contributed by atoms with Crippen LogP contribution in [0.4, 0.5) is 5.95 Å². The molecule has 2 atom stereocenters. The average Bonchev–Trinajstić information content (AvgIpc) is 3.08. The molecule has 1 aliphatic rings. The highest BCUT2D eigenvalue weighted by Gasteiger charge is 2.32. The van der Waals surface area contributed by atoms with Gasteiger partial charge < -0.3 is 25.0 Å². The molecule has 156 valence electrons. The van der Waals surface area contributed by atoms with E-state index in [0.29, 0.717) is 48.4 Å². The Labute approximate surface area is 172 Å². The molecule has 2 aromatic rings. The molecule has 2 aromatic heterocycles. The summed E-state index contributed by atoms with van der Waals surface area (Å²) in [7, 11) is 1.56. The number of aromatic amines is 1. The second-order valence-corrected chi connectivity index (χ2v) is 7.15. The van der Waals surface area contributed by atoms with Crippen LogP contribution in [-0.4, -0.2) is 69.3 Å². The highest BCUT2D eigenvalue weighted by Crippen LogP contribution is 2.20. The monoisotopic (exact) mass is 422 g/mol. The van der Waals surface area contributed by atoms with E-state index in [1.54, 1.807) is 14.0 Å². The summed E-state index contributed by atoms with van der Waals surface area (Å²) in [5, 5.41) is 12.4. The number of halogens is 1. The highest BCUT2D eigenvalue weighted by atomic mass is 35.5. The van der Waals surface area contributed by atoms with Crippen LogP contribution in [0.1, 0.15) is 45.8 Å². The fourth-order valence-electron chi connectivity index (χ4n) is 3.27. The zero-order valence-corrected chi connectivity index (χ0v) is 17.2. The van der Waals surface area contributed by atoms with E-state index in [2.05, 4.69) is 25.3 Å². The number of ether oxygens (including phenoxy) is 1. The van der Waals surface area contributed by atoms with Crippen LogP contribution in [0.3, 0.4) is 0 Å². The molecule has 0 saturated carbocycles.